The van der Waals surface area contributed by atoms with Crippen molar-refractivity contribution in [2.75, 3.05) is 0 Å². The Balaban J connectivity index is 1.81. The molecule has 0 aliphatic carbocycles. The fraction of sp³-hybridized carbons (Fsp3) is 0.211. The van der Waals surface area contributed by atoms with Crippen molar-refractivity contribution in [1.29, 1.82) is 0 Å². The lowest BCUT2D eigenvalue weighted by Gasteiger charge is -2.13. The minimum absolute atomic E-state index is 0.0455. The number of halogens is 1. The van der Waals surface area contributed by atoms with Crippen LogP contribution in [0.3, 0.4) is 0 Å². The van der Waals surface area contributed by atoms with Crippen LogP contribution in [-0.2, 0) is 6.42 Å². The predicted octanol–water partition coefficient (Wildman–Crippen LogP) is 4.13. The van der Waals surface area contributed by atoms with Crippen LogP contribution in [0.5, 0.6) is 0 Å². The Bertz CT molecular complexity index is 806. The number of aromatic nitrogens is 3. The van der Waals surface area contributed by atoms with Gasteiger partial charge in [0.25, 0.3) is 0 Å². The maximum absolute atomic E-state index is 6.40. The van der Waals surface area contributed by atoms with Gasteiger partial charge < -0.3 is 5.73 Å². The van der Waals surface area contributed by atoms with E-state index >= 15 is 0 Å². The van der Waals surface area contributed by atoms with Gasteiger partial charge in [-0.25, -0.2) is 9.97 Å². The monoisotopic (exact) mass is 338 g/mol. The number of hydrogen-bond donors (Lipinski definition) is 1. The molecule has 2 heterocycles. The summed E-state index contributed by atoms with van der Waals surface area (Å²) in [4.78, 5) is 13.4. The average Bonchev–Trinajstić information content (AvgIpc) is 2.64. The summed E-state index contributed by atoms with van der Waals surface area (Å²) in [6, 6.07) is 15.7. The molecule has 3 rings (SSSR count). The molecule has 0 saturated heterocycles. The topological polar surface area (TPSA) is 64.7 Å². The van der Waals surface area contributed by atoms with Crippen LogP contribution in [0.15, 0.2) is 54.7 Å². The molecule has 0 spiro atoms. The molecule has 0 unspecified atom stereocenters. The Labute approximate surface area is 146 Å². The molecule has 1 atom stereocenters. The normalized spacial score (nSPS) is 12.1. The van der Waals surface area contributed by atoms with Gasteiger partial charge in [0.2, 0.25) is 0 Å². The van der Waals surface area contributed by atoms with E-state index in [-0.39, 0.29) is 6.04 Å². The van der Waals surface area contributed by atoms with Crippen molar-refractivity contribution < 1.29 is 0 Å². The molecular formula is C19H19ClN4. The molecule has 0 saturated carbocycles. The summed E-state index contributed by atoms with van der Waals surface area (Å²) in [7, 11) is 0. The molecule has 4 nitrogen and oxygen atoms in total. The largest absolute Gasteiger partial charge is 0.324 e. The number of hydrogen-bond acceptors (Lipinski definition) is 4. The van der Waals surface area contributed by atoms with Crippen molar-refractivity contribution in [3.8, 4) is 11.5 Å². The first-order valence-corrected chi connectivity index (χ1v) is 8.28. The Hall–Kier alpha value is -2.30. The summed E-state index contributed by atoms with van der Waals surface area (Å²) in [6.07, 6.45) is 3.19. The highest BCUT2D eigenvalue weighted by Crippen LogP contribution is 2.24. The van der Waals surface area contributed by atoms with E-state index < -0.39 is 0 Å². The Morgan fingerprint density at radius 3 is 2.50 bits per heavy atom. The zero-order valence-corrected chi connectivity index (χ0v) is 14.2. The minimum atomic E-state index is -0.0455. The number of nitrogens with zero attached hydrogens (tertiary/aromatic N) is 3. The highest BCUT2D eigenvalue weighted by molar-refractivity contribution is 6.31. The van der Waals surface area contributed by atoms with Crippen molar-refractivity contribution in [3.63, 3.8) is 0 Å². The molecule has 0 aliphatic heterocycles. The van der Waals surface area contributed by atoms with Gasteiger partial charge in [-0.3, -0.25) is 4.98 Å². The summed E-state index contributed by atoms with van der Waals surface area (Å²) >= 11 is 6.40. The van der Waals surface area contributed by atoms with E-state index in [4.69, 9.17) is 17.3 Å². The molecule has 0 bridgehead atoms. The molecule has 122 valence electrons. The van der Waals surface area contributed by atoms with E-state index in [0.717, 1.165) is 29.1 Å². The van der Waals surface area contributed by atoms with Crippen LogP contribution < -0.4 is 5.73 Å². The first-order valence-electron chi connectivity index (χ1n) is 7.90. The van der Waals surface area contributed by atoms with Gasteiger partial charge in [-0.1, -0.05) is 48.0 Å². The van der Waals surface area contributed by atoms with Crippen molar-refractivity contribution in [2.24, 2.45) is 5.73 Å². The third kappa shape index (κ3) is 3.78. The molecule has 2 N–H and O–H groups in total. The van der Waals surface area contributed by atoms with Crippen molar-refractivity contribution in [3.05, 3.63) is 76.7 Å². The van der Waals surface area contributed by atoms with Crippen LogP contribution in [0.4, 0.5) is 0 Å². The zero-order chi connectivity index (χ0) is 16.9. The molecule has 24 heavy (non-hydrogen) atoms. The summed E-state index contributed by atoms with van der Waals surface area (Å²) in [5.41, 5.74) is 9.71. The highest BCUT2D eigenvalue weighted by Gasteiger charge is 2.14. The van der Waals surface area contributed by atoms with Crippen molar-refractivity contribution in [1.82, 2.24) is 15.0 Å². The predicted molar refractivity (Wildman–Crippen MR) is 96.7 cm³/mol. The summed E-state index contributed by atoms with van der Waals surface area (Å²) in [5, 5.41) is 0.606. The quantitative estimate of drug-likeness (QED) is 0.759. The smallest absolute Gasteiger partial charge is 0.178 e. The van der Waals surface area contributed by atoms with Crippen LogP contribution in [0, 0.1) is 6.92 Å². The fourth-order valence-electron chi connectivity index (χ4n) is 2.55. The maximum atomic E-state index is 6.40. The molecule has 2 aromatic heterocycles. The van der Waals surface area contributed by atoms with Crippen LogP contribution in [0.25, 0.3) is 11.5 Å². The van der Waals surface area contributed by atoms with Gasteiger partial charge in [-0.05, 0) is 37.5 Å². The Kier molecular flexibility index (Phi) is 5.18. The summed E-state index contributed by atoms with van der Waals surface area (Å²) < 4.78 is 0. The van der Waals surface area contributed by atoms with E-state index in [1.165, 1.54) is 0 Å². The van der Waals surface area contributed by atoms with Gasteiger partial charge in [0.05, 0.1) is 16.4 Å². The minimum Gasteiger partial charge on any atom is -0.324 e. The Morgan fingerprint density at radius 1 is 1.04 bits per heavy atom. The van der Waals surface area contributed by atoms with E-state index in [0.29, 0.717) is 17.3 Å². The van der Waals surface area contributed by atoms with Gasteiger partial charge in [0.1, 0.15) is 5.69 Å². The van der Waals surface area contributed by atoms with Gasteiger partial charge in [0.15, 0.2) is 5.82 Å². The van der Waals surface area contributed by atoms with Gasteiger partial charge in [0, 0.05) is 12.2 Å². The Morgan fingerprint density at radius 2 is 1.79 bits per heavy atom. The second-order valence-electron chi connectivity index (χ2n) is 5.66. The molecule has 0 amide bonds. The van der Waals surface area contributed by atoms with Gasteiger partial charge in [-0.15, -0.1) is 0 Å². The van der Waals surface area contributed by atoms with E-state index in [1.807, 2.05) is 55.5 Å². The standard InChI is InChI=1S/C19H19ClN4/c1-13-18(20)16(11-10-15(21)14-7-3-2-4-8-14)24-19(23-13)17-9-5-6-12-22-17/h2-9,12,15H,10-11,21H2,1H3/t15-/m0/s1. The first-order chi connectivity index (χ1) is 11.6. The third-order valence-corrected chi connectivity index (χ3v) is 4.39. The van der Waals surface area contributed by atoms with Gasteiger partial charge in [-0.2, -0.15) is 0 Å². The number of nitrogens with two attached hydrogens (primary N) is 1. The lowest BCUT2D eigenvalue weighted by Crippen LogP contribution is -2.12. The number of benzene rings is 1. The van der Waals surface area contributed by atoms with Crippen LogP contribution in [0.1, 0.15) is 29.4 Å². The summed E-state index contributed by atoms with van der Waals surface area (Å²) in [5.74, 6) is 0.598. The van der Waals surface area contributed by atoms with Crippen LogP contribution in [-0.4, -0.2) is 15.0 Å². The van der Waals surface area contributed by atoms with E-state index in [1.54, 1.807) is 6.20 Å². The first kappa shape index (κ1) is 16.6. The lowest BCUT2D eigenvalue weighted by molar-refractivity contribution is 0.643. The lowest BCUT2D eigenvalue weighted by atomic mass is 10.0. The van der Waals surface area contributed by atoms with Crippen LogP contribution in [0.2, 0.25) is 5.02 Å². The molecule has 0 aliphatic rings. The number of rotatable bonds is 5. The van der Waals surface area contributed by atoms with Crippen molar-refractivity contribution in [2.45, 2.75) is 25.8 Å². The van der Waals surface area contributed by atoms with Crippen LogP contribution >= 0.6 is 11.6 Å². The molecule has 0 fully saturated rings. The fourth-order valence-corrected chi connectivity index (χ4v) is 2.73. The molecule has 0 radical (unpaired) electrons. The van der Waals surface area contributed by atoms with E-state index in [2.05, 4.69) is 15.0 Å². The number of aryl methyl sites for hydroxylation is 2. The second-order valence-corrected chi connectivity index (χ2v) is 6.04. The summed E-state index contributed by atoms with van der Waals surface area (Å²) in [6.45, 7) is 1.89. The van der Waals surface area contributed by atoms with E-state index in [9.17, 15) is 0 Å². The SMILES string of the molecule is Cc1nc(-c2ccccn2)nc(CC[C@H](N)c2ccccc2)c1Cl. The zero-order valence-electron chi connectivity index (χ0n) is 13.5. The maximum Gasteiger partial charge on any atom is 0.178 e. The molecule has 1 aromatic carbocycles. The third-order valence-electron chi connectivity index (χ3n) is 3.90. The molecule has 3 aromatic rings. The second kappa shape index (κ2) is 7.51. The van der Waals surface area contributed by atoms with Crippen molar-refractivity contribution >= 4 is 11.6 Å². The average molecular weight is 339 g/mol. The highest BCUT2D eigenvalue weighted by atomic mass is 35.5. The van der Waals surface area contributed by atoms with Gasteiger partial charge >= 0.3 is 0 Å². The number of pyridine rings is 1. The molecule has 5 heteroatoms. The molecular weight excluding hydrogens is 320 g/mol.